The lowest BCUT2D eigenvalue weighted by Crippen LogP contribution is -1.96. The maximum atomic E-state index is 2.41. The summed E-state index contributed by atoms with van der Waals surface area (Å²) in [6.45, 7) is 6.81. The Kier molecular flexibility index (Phi) is 1.59. The van der Waals surface area contributed by atoms with Crippen molar-refractivity contribution in [2.45, 2.75) is 20.8 Å². The van der Waals surface area contributed by atoms with Crippen LogP contribution in [0.3, 0.4) is 0 Å². The molecule has 46 valence electrons. The Bertz CT molecular complexity index is 66.1. The maximum Gasteiger partial charge on any atom is -0.0323 e. The lowest BCUT2D eigenvalue weighted by Gasteiger charge is -2.04. The largest absolute Gasteiger partial charge is 0.0620 e. The van der Waals surface area contributed by atoms with Crippen LogP contribution in [-0.4, -0.2) is 0 Å². The van der Waals surface area contributed by atoms with Gasteiger partial charge in [-0.1, -0.05) is 20.8 Å². The Morgan fingerprint density at radius 3 is 1.38 bits per heavy atom. The molecular weight excluding hydrogens is 96.1 g/mol. The third-order valence-electron chi connectivity index (χ3n) is 2.04. The zero-order chi connectivity index (χ0) is 6.15. The SMILES string of the molecule is CC1[CH]C(C)C(C)[CH]1. The lowest BCUT2D eigenvalue weighted by atomic mass is 10.0. The molecule has 1 rings (SSSR count). The molecule has 8 heavy (non-hydrogen) atoms. The maximum absolute atomic E-state index is 2.41. The summed E-state index contributed by atoms with van der Waals surface area (Å²) in [6, 6.07) is 0. The average Bonchev–Trinajstić information content (AvgIpc) is 1.85. The van der Waals surface area contributed by atoms with Gasteiger partial charge in [-0.05, 0) is 30.6 Å². The van der Waals surface area contributed by atoms with Gasteiger partial charge in [-0.3, -0.25) is 0 Å². The van der Waals surface area contributed by atoms with E-state index in [0.29, 0.717) is 0 Å². The molecule has 0 aromatic rings. The molecule has 0 spiro atoms. The summed E-state index contributed by atoms with van der Waals surface area (Å²) in [5, 5.41) is 0. The van der Waals surface area contributed by atoms with Crippen molar-refractivity contribution in [3.63, 3.8) is 0 Å². The number of hydrogen-bond donors (Lipinski definition) is 0. The Balaban J connectivity index is 2.39. The summed E-state index contributed by atoms with van der Waals surface area (Å²) in [5.41, 5.74) is 0. The first kappa shape index (κ1) is 6.12. The summed E-state index contributed by atoms with van der Waals surface area (Å²) >= 11 is 0. The highest BCUT2D eigenvalue weighted by Gasteiger charge is 2.24. The zero-order valence-electron chi connectivity index (χ0n) is 5.89. The van der Waals surface area contributed by atoms with E-state index in [1.807, 2.05) is 0 Å². The van der Waals surface area contributed by atoms with Crippen LogP contribution in [-0.2, 0) is 0 Å². The normalized spacial score (nSPS) is 47.6. The average molecular weight is 110 g/mol. The predicted molar refractivity (Wildman–Crippen MR) is 36.1 cm³/mol. The van der Waals surface area contributed by atoms with Gasteiger partial charge in [0.15, 0.2) is 0 Å². The highest BCUT2D eigenvalue weighted by molar-refractivity contribution is 5.01. The van der Waals surface area contributed by atoms with Crippen molar-refractivity contribution in [1.29, 1.82) is 0 Å². The van der Waals surface area contributed by atoms with Crippen molar-refractivity contribution in [3.05, 3.63) is 12.8 Å². The van der Waals surface area contributed by atoms with Gasteiger partial charge in [0.2, 0.25) is 0 Å². The first-order chi connectivity index (χ1) is 3.70. The van der Waals surface area contributed by atoms with Crippen LogP contribution < -0.4 is 0 Å². The molecule has 1 saturated carbocycles. The summed E-state index contributed by atoms with van der Waals surface area (Å²) in [4.78, 5) is 0. The van der Waals surface area contributed by atoms with Crippen molar-refractivity contribution in [1.82, 2.24) is 0 Å². The molecule has 0 aromatic heterocycles. The highest BCUT2D eigenvalue weighted by Crippen LogP contribution is 2.32. The van der Waals surface area contributed by atoms with Gasteiger partial charge in [0.25, 0.3) is 0 Å². The van der Waals surface area contributed by atoms with Gasteiger partial charge < -0.3 is 0 Å². The molecule has 2 atom stereocenters. The molecule has 0 nitrogen and oxygen atoms in total. The van der Waals surface area contributed by atoms with Gasteiger partial charge in [-0.25, -0.2) is 0 Å². The molecule has 0 N–H and O–H groups in total. The Hall–Kier alpha value is 0. The minimum absolute atomic E-state index is 0.750. The van der Waals surface area contributed by atoms with Crippen molar-refractivity contribution in [3.8, 4) is 0 Å². The third-order valence-corrected chi connectivity index (χ3v) is 2.04. The van der Waals surface area contributed by atoms with Gasteiger partial charge in [-0.2, -0.15) is 0 Å². The number of hydrogen-bond acceptors (Lipinski definition) is 0. The molecule has 0 aromatic carbocycles. The van der Waals surface area contributed by atoms with Gasteiger partial charge in [0, 0.05) is 0 Å². The second-order valence-electron chi connectivity index (χ2n) is 2.96. The molecule has 0 heteroatoms. The second kappa shape index (κ2) is 2.08. The molecule has 0 aliphatic heterocycles. The van der Waals surface area contributed by atoms with Crippen LogP contribution in [0.1, 0.15) is 20.8 Å². The smallest absolute Gasteiger partial charge is 0.0323 e. The van der Waals surface area contributed by atoms with Crippen LogP contribution in [0, 0.1) is 30.6 Å². The topological polar surface area (TPSA) is 0 Å². The van der Waals surface area contributed by atoms with Gasteiger partial charge in [-0.15, -0.1) is 0 Å². The fourth-order valence-electron chi connectivity index (χ4n) is 1.37. The molecule has 0 bridgehead atoms. The minimum Gasteiger partial charge on any atom is -0.0620 e. The Morgan fingerprint density at radius 1 is 0.875 bits per heavy atom. The fraction of sp³-hybridized carbons (Fsp3) is 0.750. The van der Waals surface area contributed by atoms with Crippen molar-refractivity contribution >= 4 is 0 Å². The van der Waals surface area contributed by atoms with E-state index in [1.165, 1.54) is 0 Å². The van der Waals surface area contributed by atoms with Gasteiger partial charge in [0.05, 0.1) is 0 Å². The van der Waals surface area contributed by atoms with E-state index in [2.05, 4.69) is 33.6 Å². The summed E-state index contributed by atoms with van der Waals surface area (Å²) in [5.74, 6) is 2.37. The van der Waals surface area contributed by atoms with Gasteiger partial charge in [0.1, 0.15) is 0 Å². The monoisotopic (exact) mass is 110 g/mol. The molecule has 1 fully saturated rings. The molecule has 0 heterocycles. The highest BCUT2D eigenvalue weighted by atomic mass is 14.3. The van der Waals surface area contributed by atoms with Crippen LogP contribution in [0.4, 0.5) is 0 Å². The summed E-state index contributed by atoms with van der Waals surface area (Å²) in [7, 11) is 0. The van der Waals surface area contributed by atoms with Crippen LogP contribution in [0.25, 0.3) is 0 Å². The van der Waals surface area contributed by atoms with E-state index in [9.17, 15) is 0 Å². The predicted octanol–water partition coefficient (Wildman–Crippen LogP) is 2.32. The molecule has 2 radical (unpaired) electrons. The molecule has 1 aliphatic rings. The Labute approximate surface area is 52.3 Å². The fourth-order valence-corrected chi connectivity index (χ4v) is 1.37. The van der Waals surface area contributed by atoms with E-state index in [4.69, 9.17) is 0 Å². The Morgan fingerprint density at radius 2 is 1.25 bits per heavy atom. The summed E-state index contributed by atoms with van der Waals surface area (Å²) < 4.78 is 0. The second-order valence-corrected chi connectivity index (χ2v) is 2.96. The zero-order valence-corrected chi connectivity index (χ0v) is 5.89. The van der Waals surface area contributed by atoms with E-state index in [1.54, 1.807) is 0 Å². The summed E-state index contributed by atoms with van der Waals surface area (Å²) in [6.07, 6.45) is 4.81. The molecular formula is C8H14. The van der Waals surface area contributed by atoms with Crippen LogP contribution in [0.2, 0.25) is 0 Å². The minimum atomic E-state index is 0.750. The molecule has 1 aliphatic carbocycles. The van der Waals surface area contributed by atoms with E-state index >= 15 is 0 Å². The molecule has 0 amide bonds. The first-order valence-electron chi connectivity index (χ1n) is 3.40. The van der Waals surface area contributed by atoms with E-state index in [-0.39, 0.29) is 0 Å². The van der Waals surface area contributed by atoms with Gasteiger partial charge >= 0.3 is 0 Å². The van der Waals surface area contributed by atoms with Crippen molar-refractivity contribution < 1.29 is 0 Å². The molecule has 0 saturated heterocycles. The standard InChI is InChI=1S/C8H14/c1-6-4-7(2)8(3)5-6/h4-8H,1-3H3. The van der Waals surface area contributed by atoms with Crippen molar-refractivity contribution in [2.75, 3.05) is 0 Å². The van der Waals surface area contributed by atoms with Crippen molar-refractivity contribution in [2.24, 2.45) is 17.8 Å². The first-order valence-corrected chi connectivity index (χ1v) is 3.40. The van der Waals surface area contributed by atoms with Crippen LogP contribution in [0.15, 0.2) is 0 Å². The van der Waals surface area contributed by atoms with E-state index < -0.39 is 0 Å². The van der Waals surface area contributed by atoms with Crippen LogP contribution >= 0.6 is 0 Å². The van der Waals surface area contributed by atoms with Crippen LogP contribution in [0.5, 0.6) is 0 Å². The third kappa shape index (κ3) is 1.04. The quantitative estimate of drug-likeness (QED) is 0.449. The number of rotatable bonds is 0. The van der Waals surface area contributed by atoms with E-state index in [0.717, 1.165) is 17.8 Å². The molecule has 2 unspecified atom stereocenters. The lowest BCUT2D eigenvalue weighted by molar-refractivity contribution is 0.551.